The highest BCUT2D eigenvalue weighted by atomic mass is 16.5. The highest BCUT2D eigenvalue weighted by molar-refractivity contribution is 5.69. The number of nitrogens with zero attached hydrogens (tertiary/aromatic N) is 1. The second-order valence-electron chi connectivity index (χ2n) is 3.71. The zero-order valence-electron chi connectivity index (χ0n) is 8.58. The number of carbonyl (C=O) groups is 1. The first kappa shape index (κ1) is 10.5. The van der Waals surface area contributed by atoms with Crippen LogP contribution in [0, 0.1) is 0 Å². The van der Waals surface area contributed by atoms with E-state index < -0.39 is 0 Å². The molecule has 0 bridgehead atoms. The Morgan fingerprint density at radius 3 is 2.92 bits per heavy atom. The van der Waals surface area contributed by atoms with Gasteiger partial charge in [0.05, 0.1) is 13.5 Å². The van der Waals surface area contributed by atoms with E-state index in [0.717, 1.165) is 13.1 Å². The highest BCUT2D eigenvalue weighted by Crippen LogP contribution is 2.16. The zero-order valence-corrected chi connectivity index (χ0v) is 8.58. The highest BCUT2D eigenvalue weighted by Gasteiger charge is 2.18. The fourth-order valence-corrected chi connectivity index (χ4v) is 1.83. The topological polar surface area (TPSA) is 29.5 Å². The van der Waals surface area contributed by atoms with Crippen molar-refractivity contribution in [2.45, 2.75) is 38.6 Å². The van der Waals surface area contributed by atoms with Crippen molar-refractivity contribution in [3.63, 3.8) is 0 Å². The van der Waals surface area contributed by atoms with Crippen molar-refractivity contribution < 1.29 is 9.53 Å². The molecule has 0 amide bonds. The van der Waals surface area contributed by atoms with Crippen LogP contribution in [-0.4, -0.2) is 37.1 Å². The molecule has 13 heavy (non-hydrogen) atoms. The van der Waals surface area contributed by atoms with Crippen molar-refractivity contribution in [3.8, 4) is 0 Å². The van der Waals surface area contributed by atoms with Crippen LogP contribution in [0.1, 0.15) is 32.6 Å². The van der Waals surface area contributed by atoms with E-state index in [2.05, 4.69) is 16.6 Å². The summed E-state index contributed by atoms with van der Waals surface area (Å²) in [6, 6.07) is 0.637. The van der Waals surface area contributed by atoms with E-state index in [-0.39, 0.29) is 5.97 Å². The monoisotopic (exact) mass is 185 g/mol. The molecule has 0 N–H and O–H groups in total. The van der Waals surface area contributed by atoms with E-state index in [1.165, 1.54) is 26.4 Å². The maximum Gasteiger partial charge on any atom is 0.306 e. The zero-order chi connectivity index (χ0) is 9.68. The number of ether oxygens (including phenoxy) is 1. The molecule has 3 nitrogen and oxygen atoms in total. The molecule has 1 rings (SSSR count). The lowest BCUT2D eigenvalue weighted by Crippen LogP contribution is -2.38. The third-order valence-electron chi connectivity index (χ3n) is 2.77. The predicted octanol–water partition coefficient (Wildman–Crippen LogP) is 1.42. The van der Waals surface area contributed by atoms with E-state index in [1.54, 1.807) is 0 Å². The van der Waals surface area contributed by atoms with Crippen molar-refractivity contribution in [2.75, 3.05) is 20.2 Å². The quantitative estimate of drug-likeness (QED) is 0.623. The van der Waals surface area contributed by atoms with Gasteiger partial charge >= 0.3 is 5.97 Å². The number of likely N-dealkylation sites (tertiary alicyclic amines) is 1. The minimum absolute atomic E-state index is 0.0993. The normalized spacial score (nSPS) is 24.3. The van der Waals surface area contributed by atoms with Crippen LogP contribution in [0.15, 0.2) is 0 Å². The Bertz CT molecular complexity index is 170. The number of carbonyl (C=O) groups excluding carboxylic acids is 1. The predicted molar refractivity (Wildman–Crippen MR) is 51.5 cm³/mol. The summed E-state index contributed by atoms with van der Waals surface area (Å²) in [5.41, 5.74) is 0. The van der Waals surface area contributed by atoms with E-state index in [4.69, 9.17) is 0 Å². The number of esters is 1. The second-order valence-corrected chi connectivity index (χ2v) is 3.71. The van der Waals surface area contributed by atoms with Gasteiger partial charge in [0, 0.05) is 12.6 Å². The van der Waals surface area contributed by atoms with Gasteiger partial charge in [-0.1, -0.05) is 6.42 Å². The first-order valence-corrected chi connectivity index (χ1v) is 5.05. The summed E-state index contributed by atoms with van der Waals surface area (Å²) in [4.78, 5) is 13.3. The molecule has 1 atom stereocenters. The van der Waals surface area contributed by atoms with Gasteiger partial charge in [-0.15, -0.1) is 0 Å². The van der Waals surface area contributed by atoms with Crippen LogP contribution in [0.5, 0.6) is 0 Å². The summed E-state index contributed by atoms with van der Waals surface area (Å²) in [5.74, 6) is -0.0993. The molecular weight excluding hydrogens is 166 g/mol. The standard InChI is InChI=1S/C10H19NO2/c1-9-5-3-4-7-11(9)8-6-10(12)13-2/h9H,3-8H2,1-2H3/t9-/m0/s1. The summed E-state index contributed by atoms with van der Waals surface area (Å²) >= 11 is 0. The van der Waals surface area contributed by atoms with Crippen molar-refractivity contribution >= 4 is 5.97 Å². The van der Waals surface area contributed by atoms with Crippen LogP contribution in [0.2, 0.25) is 0 Å². The minimum atomic E-state index is -0.0993. The Morgan fingerprint density at radius 2 is 2.31 bits per heavy atom. The number of rotatable bonds is 3. The fourth-order valence-electron chi connectivity index (χ4n) is 1.83. The molecule has 0 spiro atoms. The molecule has 1 aliphatic heterocycles. The fraction of sp³-hybridized carbons (Fsp3) is 0.900. The summed E-state index contributed by atoms with van der Waals surface area (Å²) < 4.78 is 4.61. The molecular formula is C10H19NO2. The van der Waals surface area contributed by atoms with Gasteiger partial charge in [-0.3, -0.25) is 4.79 Å². The van der Waals surface area contributed by atoms with Gasteiger partial charge in [-0.05, 0) is 26.3 Å². The lowest BCUT2D eigenvalue weighted by molar-refractivity contribution is -0.141. The smallest absolute Gasteiger partial charge is 0.306 e. The van der Waals surface area contributed by atoms with Crippen LogP contribution >= 0.6 is 0 Å². The number of hydrogen-bond acceptors (Lipinski definition) is 3. The summed E-state index contributed by atoms with van der Waals surface area (Å²) in [6.07, 6.45) is 4.39. The van der Waals surface area contributed by atoms with E-state index in [0.29, 0.717) is 12.5 Å². The van der Waals surface area contributed by atoms with Crippen LogP contribution in [-0.2, 0) is 9.53 Å². The van der Waals surface area contributed by atoms with Gasteiger partial charge < -0.3 is 9.64 Å². The van der Waals surface area contributed by atoms with Gasteiger partial charge in [0.1, 0.15) is 0 Å². The third kappa shape index (κ3) is 3.35. The molecule has 0 aromatic carbocycles. The third-order valence-corrected chi connectivity index (χ3v) is 2.77. The average Bonchev–Trinajstić information content (AvgIpc) is 2.16. The molecule has 1 heterocycles. The Balaban J connectivity index is 2.22. The first-order chi connectivity index (χ1) is 6.24. The van der Waals surface area contributed by atoms with Gasteiger partial charge in [0.2, 0.25) is 0 Å². The van der Waals surface area contributed by atoms with Gasteiger partial charge in [0.25, 0.3) is 0 Å². The molecule has 1 aliphatic rings. The number of piperidine rings is 1. The molecule has 1 saturated heterocycles. The van der Waals surface area contributed by atoms with Crippen molar-refractivity contribution in [1.29, 1.82) is 0 Å². The molecule has 3 heteroatoms. The Morgan fingerprint density at radius 1 is 1.54 bits per heavy atom. The maximum absolute atomic E-state index is 10.9. The van der Waals surface area contributed by atoms with Crippen LogP contribution in [0.3, 0.4) is 0 Å². The van der Waals surface area contributed by atoms with E-state index in [9.17, 15) is 4.79 Å². The van der Waals surface area contributed by atoms with Crippen LogP contribution in [0.4, 0.5) is 0 Å². The average molecular weight is 185 g/mol. The molecule has 1 fully saturated rings. The summed E-state index contributed by atoms with van der Waals surface area (Å²) in [7, 11) is 1.45. The summed E-state index contributed by atoms with van der Waals surface area (Å²) in [6.45, 7) is 4.22. The molecule has 0 unspecified atom stereocenters. The SMILES string of the molecule is COC(=O)CCN1CCCC[C@@H]1C. The van der Waals surface area contributed by atoms with Crippen molar-refractivity contribution in [1.82, 2.24) is 4.90 Å². The van der Waals surface area contributed by atoms with Crippen molar-refractivity contribution in [3.05, 3.63) is 0 Å². The van der Waals surface area contributed by atoms with Crippen LogP contribution in [0.25, 0.3) is 0 Å². The molecule has 0 radical (unpaired) electrons. The van der Waals surface area contributed by atoms with Gasteiger partial charge in [0.15, 0.2) is 0 Å². The lowest BCUT2D eigenvalue weighted by atomic mass is 10.0. The maximum atomic E-state index is 10.9. The molecule has 76 valence electrons. The van der Waals surface area contributed by atoms with Crippen LogP contribution < -0.4 is 0 Å². The largest absolute Gasteiger partial charge is 0.469 e. The summed E-state index contributed by atoms with van der Waals surface area (Å²) in [5, 5.41) is 0. The Hall–Kier alpha value is -0.570. The number of hydrogen-bond donors (Lipinski definition) is 0. The molecule has 0 saturated carbocycles. The molecule has 0 aliphatic carbocycles. The van der Waals surface area contributed by atoms with E-state index >= 15 is 0 Å². The second kappa shape index (κ2) is 5.22. The van der Waals surface area contributed by atoms with Crippen molar-refractivity contribution in [2.24, 2.45) is 0 Å². The van der Waals surface area contributed by atoms with Gasteiger partial charge in [-0.25, -0.2) is 0 Å². The lowest BCUT2D eigenvalue weighted by Gasteiger charge is -2.32. The molecule has 0 aromatic rings. The number of methoxy groups -OCH3 is 1. The van der Waals surface area contributed by atoms with E-state index in [1.807, 2.05) is 0 Å². The Labute approximate surface area is 80.1 Å². The molecule has 0 aromatic heterocycles. The Kier molecular flexibility index (Phi) is 4.22. The first-order valence-electron chi connectivity index (χ1n) is 5.05. The van der Waals surface area contributed by atoms with Gasteiger partial charge in [-0.2, -0.15) is 0 Å². The minimum Gasteiger partial charge on any atom is -0.469 e.